The van der Waals surface area contributed by atoms with Crippen LogP contribution in [0.4, 0.5) is 0 Å². The zero-order valence-electron chi connectivity index (χ0n) is 4.59. The molecule has 52 valence electrons. The molecule has 0 aromatic heterocycles. The van der Waals surface area contributed by atoms with E-state index in [4.69, 9.17) is 5.73 Å². The highest BCUT2D eigenvalue weighted by atomic mass is 35.5. The third-order valence-corrected chi connectivity index (χ3v) is 1.21. The molecule has 0 saturated carbocycles. The maximum absolute atomic E-state index is 5.27. The van der Waals surface area contributed by atoms with E-state index in [-0.39, 0.29) is 24.8 Å². The first-order valence-electron chi connectivity index (χ1n) is 2.37. The summed E-state index contributed by atoms with van der Waals surface area (Å²) in [6, 6.07) is 0.644. The van der Waals surface area contributed by atoms with Crippen molar-refractivity contribution in [3.05, 3.63) is 0 Å². The average molecular weight is 159 g/mol. The Morgan fingerprint density at radius 3 is 2.00 bits per heavy atom. The lowest BCUT2D eigenvalue weighted by Crippen LogP contribution is -2.47. The van der Waals surface area contributed by atoms with Gasteiger partial charge >= 0.3 is 0 Å². The van der Waals surface area contributed by atoms with E-state index in [1.54, 1.807) is 0 Å². The molecule has 0 aliphatic carbocycles. The van der Waals surface area contributed by atoms with Crippen LogP contribution in [0.2, 0.25) is 0 Å². The van der Waals surface area contributed by atoms with Gasteiger partial charge in [0.05, 0.1) is 0 Å². The summed E-state index contributed by atoms with van der Waals surface area (Å²) in [5.74, 6) is 0. The van der Waals surface area contributed by atoms with Crippen LogP contribution in [0.15, 0.2) is 0 Å². The predicted molar refractivity (Wildman–Crippen MR) is 40.0 cm³/mol. The van der Waals surface area contributed by atoms with Gasteiger partial charge in [0.2, 0.25) is 0 Å². The first-order chi connectivity index (χ1) is 2.93. The van der Waals surface area contributed by atoms with E-state index in [1.165, 1.54) is 13.0 Å². The molecule has 1 heterocycles. The number of hydrogen-bond acceptors (Lipinski definition) is 2. The van der Waals surface area contributed by atoms with Gasteiger partial charge in [-0.05, 0) is 13.0 Å². The van der Waals surface area contributed by atoms with E-state index in [0.717, 1.165) is 6.54 Å². The van der Waals surface area contributed by atoms with Crippen LogP contribution >= 0.6 is 24.8 Å². The number of hydrogen-bond donors (Lipinski definition) is 2. The molecule has 2 nitrogen and oxygen atoms in total. The van der Waals surface area contributed by atoms with Crippen LogP contribution in [0.1, 0.15) is 6.42 Å². The van der Waals surface area contributed by atoms with Crippen molar-refractivity contribution in [2.24, 2.45) is 5.73 Å². The van der Waals surface area contributed by atoms with Gasteiger partial charge in [0.25, 0.3) is 0 Å². The van der Waals surface area contributed by atoms with Gasteiger partial charge in [0, 0.05) is 12.6 Å². The van der Waals surface area contributed by atoms with Crippen molar-refractivity contribution >= 4 is 24.8 Å². The van der Waals surface area contributed by atoms with Gasteiger partial charge in [0.15, 0.2) is 0 Å². The van der Waals surface area contributed by atoms with Crippen LogP contribution < -0.4 is 11.1 Å². The minimum atomic E-state index is 0. The van der Waals surface area contributed by atoms with Crippen molar-refractivity contribution in [3.8, 4) is 0 Å². The fraction of sp³-hybridized carbons (Fsp3) is 1.00. The second kappa shape index (κ2) is 5.63. The minimum absolute atomic E-state index is 0. The molecule has 1 aliphatic heterocycles. The summed E-state index contributed by atoms with van der Waals surface area (Å²) in [5.41, 5.74) is 5.27. The van der Waals surface area contributed by atoms with Crippen molar-refractivity contribution in [3.63, 3.8) is 0 Å². The molecule has 0 bridgehead atoms. The van der Waals surface area contributed by atoms with Gasteiger partial charge in [0.1, 0.15) is 0 Å². The van der Waals surface area contributed by atoms with Crippen molar-refractivity contribution in [1.82, 2.24) is 5.32 Å². The molecule has 1 saturated heterocycles. The molecular formula is C4H12Cl2N2. The van der Waals surface area contributed by atoms with Crippen LogP contribution in [0.3, 0.4) is 0 Å². The lowest BCUT2D eigenvalue weighted by atomic mass is 10.1. The number of rotatable bonds is 1. The molecule has 4 heteroatoms. The molecule has 0 spiro atoms. The van der Waals surface area contributed by atoms with Crippen LogP contribution in [0.25, 0.3) is 0 Å². The van der Waals surface area contributed by atoms with Crippen LogP contribution in [-0.2, 0) is 0 Å². The van der Waals surface area contributed by atoms with Crippen molar-refractivity contribution < 1.29 is 0 Å². The second-order valence-corrected chi connectivity index (χ2v) is 1.68. The largest absolute Gasteiger partial charge is 0.329 e. The molecule has 0 aromatic carbocycles. The van der Waals surface area contributed by atoms with Crippen molar-refractivity contribution in [1.29, 1.82) is 0 Å². The Balaban J connectivity index is 0. The first-order valence-corrected chi connectivity index (χ1v) is 2.37. The smallest absolute Gasteiger partial charge is 0.0202 e. The number of halogens is 2. The average Bonchev–Trinajstić information content (AvgIpc) is 1.31. The van der Waals surface area contributed by atoms with Gasteiger partial charge in [-0.25, -0.2) is 0 Å². The Morgan fingerprint density at radius 1 is 1.50 bits per heavy atom. The molecule has 1 rings (SSSR count). The van der Waals surface area contributed by atoms with E-state index in [2.05, 4.69) is 5.32 Å². The highest BCUT2D eigenvalue weighted by Crippen LogP contribution is 1.96. The van der Waals surface area contributed by atoms with Crippen molar-refractivity contribution in [2.45, 2.75) is 12.5 Å². The quantitative estimate of drug-likeness (QED) is 0.571. The van der Waals surface area contributed by atoms with E-state index >= 15 is 0 Å². The molecule has 1 fully saturated rings. The maximum atomic E-state index is 5.27. The van der Waals surface area contributed by atoms with Gasteiger partial charge in [-0.15, -0.1) is 24.8 Å². The Kier molecular flexibility index (Phi) is 7.97. The molecule has 1 atom stereocenters. The normalized spacial score (nSPS) is 24.4. The molecule has 0 amide bonds. The fourth-order valence-corrected chi connectivity index (χ4v) is 0.550. The van der Waals surface area contributed by atoms with Crippen LogP contribution in [-0.4, -0.2) is 19.1 Å². The number of nitrogens with one attached hydrogen (secondary N) is 1. The Hall–Kier alpha value is 0.500. The topological polar surface area (TPSA) is 38.0 Å². The van der Waals surface area contributed by atoms with E-state index in [9.17, 15) is 0 Å². The predicted octanol–water partition coefficient (Wildman–Crippen LogP) is 0.151. The van der Waals surface area contributed by atoms with E-state index in [0.29, 0.717) is 6.04 Å². The van der Waals surface area contributed by atoms with Crippen LogP contribution in [0.5, 0.6) is 0 Å². The zero-order valence-corrected chi connectivity index (χ0v) is 6.23. The summed E-state index contributed by atoms with van der Waals surface area (Å²) in [6.45, 7) is 1.97. The third-order valence-electron chi connectivity index (χ3n) is 1.21. The number of nitrogens with two attached hydrogens (primary N) is 1. The first kappa shape index (κ1) is 11.3. The molecule has 0 aromatic rings. The summed E-state index contributed by atoms with van der Waals surface area (Å²) in [4.78, 5) is 0. The highest BCUT2D eigenvalue weighted by Gasteiger charge is 2.12. The Labute approximate surface area is 62.0 Å². The fourth-order valence-electron chi connectivity index (χ4n) is 0.550. The molecule has 0 radical (unpaired) electrons. The highest BCUT2D eigenvalue weighted by molar-refractivity contribution is 5.85. The standard InChI is InChI=1S/C4H10N2.2ClH/c5-3-4-1-2-6-4;;/h4,6H,1-3,5H2;2*1H/t4-;;/m1../s1. The summed E-state index contributed by atoms with van der Waals surface area (Å²) in [6.07, 6.45) is 1.27. The lowest BCUT2D eigenvalue weighted by molar-refractivity contribution is 0.379. The van der Waals surface area contributed by atoms with Gasteiger partial charge in [-0.2, -0.15) is 0 Å². The molecule has 0 unspecified atom stereocenters. The van der Waals surface area contributed by atoms with Gasteiger partial charge in [-0.3, -0.25) is 0 Å². The molecule has 8 heavy (non-hydrogen) atoms. The van der Waals surface area contributed by atoms with Crippen molar-refractivity contribution in [2.75, 3.05) is 13.1 Å². The Bertz CT molecular complexity index is 44.5. The summed E-state index contributed by atoms with van der Waals surface area (Å²) in [5, 5.41) is 3.17. The molecule has 1 aliphatic rings. The van der Waals surface area contributed by atoms with E-state index in [1.807, 2.05) is 0 Å². The lowest BCUT2D eigenvalue weighted by Gasteiger charge is -2.25. The Morgan fingerprint density at radius 2 is 2.00 bits per heavy atom. The molecular weight excluding hydrogens is 147 g/mol. The second-order valence-electron chi connectivity index (χ2n) is 1.68. The maximum Gasteiger partial charge on any atom is 0.0202 e. The SMILES string of the molecule is Cl.Cl.NC[C@H]1CCN1. The summed E-state index contributed by atoms with van der Waals surface area (Å²) in [7, 11) is 0. The molecule has 3 N–H and O–H groups in total. The monoisotopic (exact) mass is 158 g/mol. The third kappa shape index (κ3) is 2.72. The summed E-state index contributed by atoms with van der Waals surface area (Å²) < 4.78 is 0. The van der Waals surface area contributed by atoms with Crippen LogP contribution in [0, 0.1) is 0 Å². The van der Waals surface area contributed by atoms with E-state index < -0.39 is 0 Å². The zero-order chi connectivity index (χ0) is 4.41. The van der Waals surface area contributed by atoms with Gasteiger partial charge < -0.3 is 11.1 Å². The van der Waals surface area contributed by atoms with Gasteiger partial charge in [-0.1, -0.05) is 0 Å². The summed E-state index contributed by atoms with van der Waals surface area (Å²) >= 11 is 0. The minimum Gasteiger partial charge on any atom is -0.329 e.